The van der Waals surface area contributed by atoms with Gasteiger partial charge in [-0.05, 0) is 37.8 Å². The zero-order valence-electron chi connectivity index (χ0n) is 8.75. The third-order valence-electron chi connectivity index (χ3n) is 2.50. The number of nitrogens with zero attached hydrogens (tertiary/aromatic N) is 1. The molecule has 0 radical (unpaired) electrons. The van der Waals surface area contributed by atoms with Gasteiger partial charge in [0.15, 0.2) is 5.11 Å². The maximum absolute atomic E-state index is 5.20. The van der Waals surface area contributed by atoms with Crippen LogP contribution in [0.1, 0.15) is 19.8 Å². The topological polar surface area (TPSA) is 27.3 Å². The van der Waals surface area contributed by atoms with Crippen LogP contribution >= 0.6 is 12.2 Å². The van der Waals surface area contributed by atoms with Crippen molar-refractivity contribution in [2.75, 3.05) is 19.6 Å². The van der Waals surface area contributed by atoms with Crippen LogP contribution in [0.25, 0.3) is 0 Å². The van der Waals surface area contributed by atoms with E-state index in [0.29, 0.717) is 6.04 Å². The molecule has 0 aromatic carbocycles. The Morgan fingerprint density at radius 3 is 2.71 bits per heavy atom. The van der Waals surface area contributed by atoms with Crippen LogP contribution in [0, 0.1) is 0 Å². The number of rotatable bonds is 3. The summed E-state index contributed by atoms with van der Waals surface area (Å²) in [4.78, 5) is 2.20. The highest BCUT2D eigenvalue weighted by Gasteiger charge is 2.19. The Labute approximate surface area is 91.5 Å². The fourth-order valence-electron chi connectivity index (χ4n) is 1.75. The van der Waals surface area contributed by atoms with E-state index in [2.05, 4.69) is 29.0 Å². The van der Waals surface area contributed by atoms with E-state index in [1.165, 1.54) is 12.8 Å². The molecule has 0 aromatic rings. The molecule has 0 unspecified atom stereocenters. The van der Waals surface area contributed by atoms with Crippen LogP contribution < -0.4 is 10.6 Å². The quantitative estimate of drug-likeness (QED) is 0.686. The van der Waals surface area contributed by atoms with Gasteiger partial charge in [-0.1, -0.05) is 13.5 Å². The number of thiocarbonyl (C=S) groups is 1. The first kappa shape index (κ1) is 11.5. The number of hydrogen-bond acceptors (Lipinski definition) is 2. The second kappa shape index (κ2) is 5.98. The van der Waals surface area contributed by atoms with Gasteiger partial charge >= 0.3 is 0 Å². The molecule has 0 amide bonds. The van der Waals surface area contributed by atoms with Crippen LogP contribution in [0.3, 0.4) is 0 Å². The Balaban J connectivity index is 2.27. The highest BCUT2D eigenvalue weighted by atomic mass is 32.1. The molecule has 0 spiro atoms. The summed E-state index contributed by atoms with van der Waals surface area (Å²) in [6, 6.07) is 0.669. The number of likely N-dealkylation sites (tertiary alicyclic amines) is 1. The molecule has 3 nitrogen and oxygen atoms in total. The van der Waals surface area contributed by atoms with Gasteiger partial charge in [-0.3, -0.25) is 0 Å². The summed E-state index contributed by atoms with van der Waals surface area (Å²) in [5.74, 6) is 0. The van der Waals surface area contributed by atoms with Crippen molar-refractivity contribution in [1.82, 2.24) is 15.5 Å². The van der Waals surface area contributed by atoms with Crippen molar-refractivity contribution in [2.24, 2.45) is 0 Å². The van der Waals surface area contributed by atoms with Crippen LogP contribution in [0.2, 0.25) is 0 Å². The van der Waals surface area contributed by atoms with Crippen LogP contribution in [0.4, 0.5) is 0 Å². The van der Waals surface area contributed by atoms with Crippen molar-refractivity contribution in [3.8, 4) is 0 Å². The molecule has 1 heterocycles. The maximum Gasteiger partial charge on any atom is 0.172 e. The lowest BCUT2D eigenvalue weighted by atomic mass is 10.1. The molecule has 0 aliphatic carbocycles. The normalized spacial score (nSPS) is 17.9. The minimum atomic E-state index is 0.669. The monoisotopic (exact) mass is 213 g/mol. The molecule has 14 heavy (non-hydrogen) atoms. The molecule has 1 aliphatic heterocycles. The van der Waals surface area contributed by atoms with E-state index < -0.39 is 0 Å². The van der Waals surface area contributed by atoms with Gasteiger partial charge < -0.3 is 15.5 Å². The molecule has 1 aliphatic rings. The summed E-state index contributed by atoms with van der Waals surface area (Å²) in [5.41, 5.74) is 0. The first-order valence-electron chi connectivity index (χ1n) is 5.17. The lowest BCUT2D eigenvalue weighted by Crippen LogP contribution is -2.47. The van der Waals surface area contributed by atoms with Gasteiger partial charge in [-0.25, -0.2) is 0 Å². The van der Waals surface area contributed by atoms with Gasteiger partial charge in [0.1, 0.15) is 0 Å². The first-order valence-corrected chi connectivity index (χ1v) is 5.58. The Bertz CT molecular complexity index is 198. The average molecular weight is 213 g/mol. The van der Waals surface area contributed by atoms with E-state index in [9.17, 15) is 0 Å². The molecule has 2 N–H and O–H groups in total. The zero-order chi connectivity index (χ0) is 10.4. The van der Waals surface area contributed by atoms with Gasteiger partial charge in [0.25, 0.3) is 0 Å². The molecule has 80 valence electrons. The van der Waals surface area contributed by atoms with Crippen molar-refractivity contribution < 1.29 is 0 Å². The lowest BCUT2D eigenvalue weighted by molar-refractivity contribution is 0.284. The molecule has 0 atom stereocenters. The van der Waals surface area contributed by atoms with E-state index in [0.717, 1.165) is 24.7 Å². The van der Waals surface area contributed by atoms with Crippen molar-refractivity contribution in [2.45, 2.75) is 25.8 Å². The SMILES string of the molecule is C=CNC(=S)N1CCC(NCC)CC1. The summed E-state index contributed by atoms with van der Waals surface area (Å²) in [5, 5.41) is 7.23. The maximum atomic E-state index is 5.20. The van der Waals surface area contributed by atoms with E-state index in [4.69, 9.17) is 12.2 Å². The Morgan fingerprint density at radius 1 is 1.57 bits per heavy atom. The second-order valence-electron chi connectivity index (χ2n) is 3.47. The highest BCUT2D eigenvalue weighted by Crippen LogP contribution is 2.10. The average Bonchev–Trinajstić information content (AvgIpc) is 2.20. The number of nitrogens with one attached hydrogen (secondary N) is 2. The second-order valence-corrected chi connectivity index (χ2v) is 3.86. The van der Waals surface area contributed by atoms with Crippen molar-refractivity contribution in [1.29, 1.82) is 0 Å². The molecule has 4 heteroatoms. The van der Waals surface area contributed by atoms with Gasteiger partial charge in [0.05, 0.1) is 0 Å². The highest BCUT2D eigenvalue weighted by molar-refractivity contribution is 7.80. The molecular weight excluding hydrogens is 194 g/mol. The van der Waals surface area contributed by atoms with E-state index >= 15 is 0 Å². The van der Waals surface area contributed by atoms with Crippen molar-refractivity contribution >= 4 is 17.3 Å². The largest absolute Gasteiger partial charge is 0.349 e. The molecule has 1 saturated heterocycles. The summed E-state index contributed by atoms with van der Waals surface area (Å²) in [7, 11) is 0. The van der Waals surface area contributed by atoms with Gasteiger partial charge in [0.2, 0.25) is 0 Å². The Kier molecular flexibility index (Phi) is 4.90. The minimum Gasteiger partial charge on any atom is -0.349 e. The van der Waals surface area contributed by atoms with Crippen molar-refractivity contribution in [3.63, 3.8) is 0 Å². The van der Waals surface area contributed by atoms with Crippen LogP contribution in [0.5, 0.6) is 0 Å². The fraction of sp³-hybridized carbons (Fsp3) is 0.700. The predicted octanol–water partition coefficient (Wildman–Crippen LogP) is 1.08. The van der Waals surface area contributed by atoms with Crippen molar-refractivity contribution in [3.05, 3.63) is 12.8 Å². The first-order chi connectivity index (χ1) is 6.77. The van der Waals surface area contributed by atoms with E-state index in [-0.39, 0.29) is 0 Å². The molecule has 1 rings (SSSR count). The van der Waals surface area contributed by atoms with Gasteiger partial charge in [0, 0.05) is 19.1 Å². The number of piperidine rings is 1. The van der Waals surface area contributed by atoms with Crippen LogP contribution in [0.15, 0.2) is 12.8 Å². The molecule has 0 aromatic heterocycles. The third-order valence-corrected chi connectivity index (χ3v) is 2.88. The fourth-order valence-corrected chi connectivity index (χ4v) is 2.02. The van der Waals surface area contributed by atoms with Crippen LogP contribution in [-0.2, 0) is 0 Å². The third kappa shape index (κ3) is 3.27. The van der Waals surface area contributed by atoms with E-state index in [1.54, 1.807) is 6.20 Å². The molecule has 0 bridgehead atoms. The van der Waals surface area contributed by atoms with Gasteiger partial charge in [-0.15, -0.1) is 0 Å². The smallest absolute Gasteiger partial charge is 0.172 e. The summed E-state index contributed by atoms with van der Waals surface area (Å²) >= 11 is 5.20. The zero-order valence-corrected chi connectivity index (χ0v) is 9.57. The van der Waals surface area contributed by atoms with Gasteiger partial charge in [-0.2, -0.15) is 0 Å². The Morgan fingerprint density at radius 2 is 2.21 bits per heavy atom. The molecular formula is C10H19N3S. The summed E-state index contributed by atoms with van der Waals surface area (Å²) in [6.07, 6.45) is 3.98. The standard InChI is InChI=1S/C10H19N3S/c1-3-11-9-5-7-13(8-6-9)10(14)12-4-2/h4,9,11H,2-3,5-8H2,1H3,(H,12,14). The summed E-state index contributed by atoms with van der Waals surface area (Å²) < 4.78 is 0. The predicted molar refractivity (Wildman–Crippen MR) is 64.2 cm³/mol. The Hall–Kier alpha value is -0.610. The summed E-state index contributed by atoms with van der Waals surface area (Å²) in [6.45, 7) is 8.88. The van der Waals surface area contributed by atoms with E-state index in [1.807, 2.05) is 0 Å². The molecule has 0 saturated carbocycles. The number of hydrogen-bond donors (Lipinski definition) is 2. The minimum absolute atomic E-state index is 0.669. The van der Waals surface area contributed by atoms with Crippen LogP contribution in [-0.4, -0.2) is 35.7 Å². The molecule has 1 fully saturated rings. The lowest BCUT2D eigenvalue weighted by Gasteiger charge is -2.33.